The van der Waals surface area contributed by atoms with E-state index in [-0.39, 0.29) is 21.5 Å². The van der Waals surface area contributed by atoms with Crippen LogP contribution in [0.5, 0.6) is 5.75 Å². The first-order chi connectivity index (χ1) is 16.8. The number of nitrogens with zero attached hydrogens (tertiary/aromatic N) is 1. The quantitative estimate of drug-likeness (QED) is 0.103. The third-order valence-electron chi connectivity index (χ3n) is 4.57. The van der Waals surface area contributed by atoms with Gasteiger partial charge in [0.25, 0.3) is 0 Å². The van der Waals surface area contributed by atoms with E-state index < -0.39 is 17.8 Å². The topological polar surface area (TPSA) is 96.9 Å². The molecular formula is C24H14Cl3N3O4S. The number of hydrazone groups is 1. The van der Waals surface area contributed by atoms with Crippen LogP contribution in [0.1, 0.15) is 15.2 Å². The van der Waals surface area contributed by atoms with Crippen molar-refractivity contribution in [2.24, 2.45) is 5.10 Å². The minimum atomic E-state index is -1.01. The smallest absolute Gasteiger partial charge is 0.355 e. The number of hydrogen-bond acceptors (Lipinski definition) is 6. The normalized spacial score (nSPS) is 10.9. The summed E-state index contributed by atoms with van der Waals surface area (Å²) in [6, 6.07) is 18.5. The number of anilines is 1. The maximum Gasteiger partial charge on any atom is 0.355 e. The monoisotopic (exact) mass is 545 g/mol. The molecule has 0 spiro atoms. The predicted octanol–water partition coefficient (Wildman–Crippen LogP) is 6.17. The standard InChI is InChI=1S/C24H14Cl3N3O4S/c25-16-8-4-9-17(20(16)27)29-22(31)23(32)30-28-12-13-5-3-6-14(11-13)34-24(33)21-19(26)15-7-1-2-10-18(15)35-21/h1-12H,(H,29,31)(H,30,32). The highest BCUT2D eigenvalue weighted by atomic mass is 35.5. The molecule has 3 aromatic carbocycles. The Morgan fingerprint density at radius 1 is 0.886 bits per heavy atom. The molecule has 0 saturated carbocycles. The molecule has 176 valence electrons. The van der Waals surface area contributed by atoms with Crippen LogP contribution in [0, 0.1) is 0 Å². The lowest BCUT2D eigenvalue weighted by molar-refractivity contribution is -0.136. The number of halogens is 3. The summed E-state index contributed by atoms with van der Waals surface area (Å²) in [6.07, 6.45) is 1.29. The van der Waals surface area contributed by atoms with Gasteiger partial charge >= 0.3 is 17.8 Å². The van der Waals surface area contributed by atoms with Gasteiger partial charge in [-0.1, -0.05) is 71.2 Å². The van der Waals surface area contributed by atoms with Crippen molar-refractivity contribution < 1.29 is 19.1 Å². The molecule has 0 saturated heterocycles. The highest BCUT2D eigenvalue weighted by molar-refractivity contribution is 7.21. The van der Waals surface area contributed by atoms with Gasteiger partial charge in [-0.15, -0.1) is 11.3 Å². The molecule has 0 fully saturated rings. The number of ether oxygens (including phenoxy) is 1. The van der Waals surface area contributed by atoms with Gasteiger partial charge in [0.2, 0.25) is 0 Å². The molecule has 7 nitrogen and oxygen atoms in total. The number of esters is 1. The van der Waals surface area contributed by atoms with Gasteiger partial charge in [0.1, 0.15) is 10.6 Å². The number of nitrogens with one attached hydrogen (secondary N) is 2. The summed E-state index contributed by atoms with van der Waals surface area (Å²) < 4.78 is 6.33. The Morgan fingerprint density at radius 3 is 2.46 bits per heavy atom. The second-order valence-electron chi connectivity index (χ2n) is 6.96. The Balaban J connectivity index is 1.38. The van der Waals surface area contributed by atoms with Crippen LogP contribution >= 0.6 is 46.1 Å². The fourth-order valence-corrected chi connectivity index (χ4v) is 4.69. The minimum Gasteiger partial charge on any atom is -0.422 e. The fourth-order valence-electron chi connectivity index (χ4n) is 2.95. The highest BCUT2D eigenvalue weighted by Gasteiger charge is 2.19. The number of fused-ring (bicyclic) bond motifs is 1. The number of benzene rings is 3. The van der Waals surface area contributed by atoms with Crippen molar-refractivity contribution in [2.45, 2.75) is 0 Å². The molecule has 0 unspecified atom stereocenters. The van der Waals surface area contributed by atoms with Crippen molar-refractivity contribution in [3.8, 4) is 5.75 Å². The molecule has 2 amide bonds. The van der Waals surface area contributed by atoms with Crippen LogP contribution in [-0.2, 0) is 9.59 Å². The molecule has 11 heteroatoms. The van der Waals surface area contributed by atoms with Gasteiger partial charge in [-0.25, -0.2) is 10.2 Å². The third-order valence-corrected chi connectivity index (χ3v) is 7.05. The maximum absolute atomic E-state index is 12.6. The maximum atomic E-state index is 12.6. The molecule has 0 aliphatic rings. The van der Waals surface area contributed by atoms with E-state index in [2.05, 4.69) is 15.8 Å². The van der Waals surface area contributed by atoms with E-state index in [1.54, 1.807) is 36.4 Å². The number of hydrogen-bond donors (Lipinski definition) is 2. The molecule has 1 aromatic heterocycles. The number of amides is 2. The van der Waals surface area contributed by atoms with E-state index in [9.17, 15) is 14.4 Å². The summed E-state index contributed by atoms with van der Waals surface area (Å²) >= 11 is 19.5. The van der Waals surface area contributed by atoms with E-state index in [4.69, 9.17) is 39.5 Å². The van der Waals surface area contributed by atoms with E-state index in [0.29, 0.717) is 15.5 Å². The predicted molar refractivity (Wildman–Crippen MR) is 139 cm³/mol. The Morgan fingerprint density at radius 2 is 1.66 bits per heavy atom. The second-order valence-corrected chi connectivity index (χ2v) is 9.17. The van der Waals surface area contributed by atoms with Crippen molar-refractivity contribution in [3.63, 3.8) is 0 Å². The van der Waals surface area contributed by atoms with Crippen LogP contribution in [0.3, 0.4) is 0 Å². The lowest BCUT2D eigenvalue weighted by Crippen LogP contribution is -2.32. The first kappa shape index (κ1) is 24.7. The molecule has 35 heavy (non-hydrogen) atoms. The zero-order valence-electron chi connectivity index (χ0n) is 17.6. The van der Waals surface area contributed by atoms with Crippen LogP contribution in [0.25, 0.3) is 10.1 Å². The lowest BCUT2D eigenvalue weighted by Gasteiger charge is -2.07. The SMILES string of the molecule is O=C(NN=Cc1cccc(OC(=O)c2sc3ccccc3c2Cl)c1)C(=O)Nc1cccc(Cl)c1Cl. The van der Waals surface area contributed by atoms with Gasteiger partial charge in [-0.05, 0) is 35.9 Å². The third kappa shape index (κ3) is 5.80. The molecule has 2 N–H and O–H groups in total. The summed E-state index contributed by atoms with van der Waals surface area (Å²) in [4.78, 5) is 37.0. The summed E-state index contributed by atoms with van der Waals surface area (Å²) in [5, 5.41) is 7.58. The largest absolute Gasteiger partial charge is 0.422 e. The zero-order valence-corrected chi connectivity index (χ0v) is 20.6. The summed E-state index contributed by atoms with van der Waals surface area (Å²) in [7, 11) is 0. The number of carbonyl (C=O) groups excluding carboxylic acids is 3. The summed E-state index contributed by atoms with van der Waals surface area (Å²) in [6.45, 7) is 0. The first-order valence-corrected chi connectivity index (χ1v) is 11.9. The molecule has 1 heterocycles. The molecule has 0 atom stereocenters. The Kier molecular flexibility index (Phi) is 7.67. The summed E-state index contributed by atoms with van der Waals surface area (Å²) in [5.41, 5.74) is 2.81. The molecule has 0 radical (unpaired) electrons. The minimum absolute atomic E-state index is 0.113. The van der Waals surface area contributed by atoms with Gasteiger partial charge < -0.3 is 10.1 Å². The molecule has 0 aliphatic heterocycles. The van der Waals surface area contributed by atoms with Crippen LogP contribution in [0.4, 0.5) is 5.69 Å². The van der Waals surface area contributed by atoms with Crippen LogP contribution in [-0.4, -0.2) is 24.0 Å². The van der Waals surface area contributed by atoms with Gasteiger partial charge in [0.05, 0.1) is 27.0 Å². The fraction of sp³-hybridized carbons (Fsp3) is 0. The van der Waals surface area contributed by atoms with E-state index >= 15 is 0 Å². The van der Waals surface area contributed by atoms with Crippen molar-refractivity contribution in [2.75, 3.05) is 5.32 Å². The lowest BCUT2D eigenvalue weighted by atomic mass is 10.2. The van der Waals surface area contributed by atoms with Gasteiger partial charge in [0, 0.05) is 10.1 Å². The number of carbonyl (C=O) groups is 3. The molecule has 4 rings (SSSR count). The molecule has 0 bridgehead atoms. The number of thiophene rings is 1. The van der Waals surface area contributed by atoms with Crippen molar-refractivity contribution in [3.05, 3.63) is 92.2 Å². The van der Waals surface area contributed by atoms with E-state index in [1.165, 1.54) is 23.6 Å². The number of rotatable bonds is 5. The van der Waals surface area contributed by atoms with Crippen molar-refractivity contribution in [1.82, 2.24) is 5.43 Å². The summed E-state index contributed by atoms with van der Waals surface area (Å²) in [5.74, 6) is -2.32. The Hall–Kier alpha value is -3.43. The highest BCUT2D eigenvalue weighted by Crippen LogP contribution is 2.35. The van der Waals surface area contributed by atoms with E-state index in [0.717, 1.165) is 10.1 Å². The van der Waals surface area contributed by atoms with Gasteiger partial charge in [-0.3, -0.25) is 9.59 Å². The zero-order chi connectivity index (χ0) is 24.9. The van der Waals surface area contributed by atoms with E-state index in [1.807, 2.05) is 24.3 Å². The molecule has 4 aromatic rings. The van der Waals surface area contributed by atoms with Crippen LogP contribution in [0.2, 0.25) is 15.1 Å². The Bertz CT molecular complexity index is 1490. The van der Waals surface area contributed by atoms with Gasteiger partial charge in [0.15, 0.2) is 0 Å². The van der Waals surface area contributed by atoms with Gasteiger partial charge in [-0.2, -0.15) is 5.10 Å². The first-order valence-electron chi connectivity index (χ1n) is 9.91. The Labute approximate surface area is 218 Å². The van der Waals surface area contributed by atoms with Crippen LogP contribution in [0.15, 0.2) is 71.8 Å². The average Bonchev–Trinajstić information content (AvgIpc) is 3.19. The van der Waals surface area contributed by atoms with Crippen LogP contribution < -0.4 is 15.5 Å². The van der Waals surface area contributed by atoms with Crippen molar-refractivity contribution in [1.29, 1.82) is 0 Å². The van der Waals surface area contributed by atoms with Crippen molar-refractivity contribution >= 4 is 85.9 Å². The second kappa shape index (κ2) is 10.9. The average molecular weight is 547 g/mol. The molecular weight excluding hydrogens is 533 g/mol. The molecule has 0 aliphatic carbocycles.